The summed E-state index contributed by atoms with van der Waals surface area (Å²) in [6.07, 6.45) is 3.47. The first-order chi connectivity index (χ1) is 12.6. The number of halogens is 1. The summed E-state index contributed by atoms with van der Waals surface area (Å²) in [6.45, 7) is 0. The van der Waals surface area contributed by atoms with E-state index in [1.807, 2.05) is 42.5 Å². The van der Waals surface area contributed by atoms with Crippen molar-refractivity contribution in [1.82, 2.24) is 0 Å². The lowest BCUT2D eigenvalue weighted by atomic mass is 9.78. The van der Waals surface area contributed by atoms with Crippen LogP contribution in [-0.2, 0) is 15.1 Å². The summed E-state index contributed by atoms with van der Waals surface area (Å²) in [5, 5.41) is 0. The van der Waals surface area contributed by atoms with Gasteiger partial charge in [0, 0.05) is 24.1 Å². The van der Waals surface area contributed by atoms with Crippen molar-refractivity contribution in [2.75, 3.05) is 17.8 Å². The van der Waals surface area contributed by atoms with Crippen LogP contribution in [0, 0.1) is 0 Å². The van der Waals surface area contributed by atoms with Gasteiger partial charge in [-0.1, -0.05) is 42.5 Å². The summed E-state index contributed by atoms with van der Waals surface area (Å²) >= 11 is 5.84. The number of alkyl halides is 1. The second-order valence-electron chi connectivity index (χ2n) is 6.45. The van der Waals surface area contributed by atoms with E-state index in [-0.39, 0.29) is 5.91 Å². The average molecular weight is 368 g/mol. The number of likely N-dealkylation sites (N-methyl/N-ethyl adjacent to an activating group) is 1. The molecule has 0 radical (unpaired) electrons. The fraction of sp³-hybridized carbons (Fsp3) is 0.238. The van der Waals surface area contributed by atoms with Crippen LogP contribution in [0.4, 0.5) is 5.69 Å². The highest BCUT2D eigenvalue weighted by Crippen LogP contribution is 2.53. The van der Waals surface area contributed by atoms with Crippen LogP contribution in [0.3, 0.4) is 0 Å². The number of esters is 1. The molecule has 0 aromatic heterocycles. The molecule has 4 nitrogen and oxygen atoms in total. The van der Waals surface area contributed by atoms with Crippen LogP contribution in [-0.4, -0.2) is 24.8 Å². The minimum Gasteiger partial charge on any atom is -0.435 e. The molecule has 2 aromatic rings. The third-order valence-corrected chi connectivity index (χ3v) is 5.27. The summed E-state index contributed by atoms with van der Waals surface area (Å²) in [6, 6.07) is 14.7. The fourth-order valence-electron chi connectivity index (χ4n) is 3.80. The number of carbonyl (C=O) groups excluding carboxylic acids is 2. The molecule has 4 rings (SSSR count). The molecule has 2 aromatic carbocycles. The third-order valence-electron chi connectivity index (χ3n) is 5.00. The summed E-state index contributed by atoms with van der Waals surface area (Å²) in [5.74, 6) is -0.199. The molecule has 0 bridgehead atoms. The van der Waals surface area contributed by atoms with Crippen LogP contribution in [0.15, 0.2) is 54.6 Å². The van der Waals surface area contributed by atoms with Crippen LogP contribution in [0.5, 0.6) is 0 Å². The van der Waals surface area contributed by atoms with E-state index >= 15 is 0 Å². The topological polar surface area (TPSA) is 46.6 Å². The molecule has 26 heavy (non-hydrogen) atoms. The molecule has 2 heterocycles. The van der Waals surface area contributed by atoms with Crippen molar-refractivity contribution < 1.29 is 14.3 Å². The molecule has 0 saturated heterocycles. The lowest BCUT2D eigenvalue weighted by Gasteiger charge is -2.35. The number of amides is 1. The Balaban J connectivity index is 2.00. The van der Waals surface area contributed by atoms with Crippen molar-refractivity contribution >= 4 is 34.7 Å². The zero-order chi connectivity index (χ0) is 18.3. The number of unbranched alkanes of at least 4 members (excludes halogenated alkanes) is 1. The van der Waals surface area contributed by atoms with Gasteiger partial charge in [-0.3, -0.25) is 4.79 Å². The Morgan fingerprint density at radius 2 is 1.77 bits per heavy atom. The fourth-order valence-corrected chi connectivity index (χ4v) is 3.95. The van der Waals surface area contributed by atoms with Gasteiger partial charge >= 0.3 is 5.97 Å². The van der Waals surface area contributed by atoms with Crippen LogP contribution in [0.25, 0.3) is 5.57 Å². The molecule has 2 aliphatic heterocycles. The first-order valence-corrected chi connectivity index (χ1v) is 9.11. The van der Waals surface area contributed by atoms with Crippen molar-refractivity contribution in [2.45, 2.75) is 18.4 Å². The summed E-state index contributed by atoms with van der Waals surface area (Å²) in [5.41, 5.74) is 1.98. The maximum absolute atomic E-state index is 13.3. The summed E-state index contributed by atoms with van der Waals surface area (Å²) in [4.78, 5) is 27.6. The standard InChI is InChI=1S/C21H18ClNO3/c1-23-18-12-5-4-11-17(18)21(20(23)25)16(10-6-7-13-22)14-8-2-3-9-15(14)19(24)26-21/h2-5,8-12H,6-7,13H2,1H3/b16-10+. The quantitative estimate of drug-likeness (QED) is 0.465. The Labute approximate surface area is 157 Å². The highest BCUT2D eigenvalue weighted by molar-refractivity contribution is 6.19. The molecule has 1 amide bonds. The SMILES string of the molecule is CN1C(=O)C2(OC(=O)c3ccccc3/C2=C\CCCCl)c2ccccc21. The second-order valence-corrected chi connectivity index (χ2v) is 6.82. The minimum atomic E-state index is -1.43. The number of ether oxygens (including phenoxy) is 1. The Hall–Kier alpha value is -2.59. The number of benzene rings is 2. The largest absolute Gasteiger partial charge is 0.435 e. The van der Waals surface area contributed by atoms with Crippen molar-refractivity contribution in [3.8, 4) is 0 Å². The monoisotopic (exact) mass is 367 g/mol. The molecule has 0 aliphatic carbocycles. The Bertz CT molecular complexity index is 936. The van der Waals surface area contributed by atoms with Gasteiger partial charge in [-0.2, -0.15) is 0 Å². The first kappa shape index (κ1) is 16.9. The van der Waals surface area contributed by atoms with E-state index in [1.165, 1.54) is 0 Å². The molecule has 0 fully saturated rings. The molecule has 0 N–H and O–H groups in total. The number of nitrogens with zero attached hydrogens (tertiary/aromatic N) is 1. The van der Waals surface area contributed by atoms with Crippen LogP contribution in [0.1, 0.15) is 34.3 Å². The highest BCUT2D eigenvalue weighted by atomic mass is 35.5. The van der Waals surface area contributed by atoms with Crippen LogP contribution >= 0.6 is 11.6 Å². The molecule has 2 aliphatic rings. The third kappa shape index (κ3) is 2.22. The Kier molecular flexibility index (Phi) is 4.08. The van der Waals surface area contributed by atoms with E-state index in [4.69, 9.17) is 16.3 Å². The molecule has 1 spiro atoms. The molecule has 132 valence electrons. The molecule has 0 saturated carbocycles. The van der Waals surface area contributed by atoms with Crippen molar-refractivity contribution in [3.05, 3.63) is 71.3 Å². The highest BCUT2D eigenvalue weighted by Gasteiger charge is 2.58. The van der Waals surface area contributed by atoms with Gasteiger partial charge in [0.1, 0.15) is 0 Å². The summed E-state index contributed by atoms with van der Waals surface area (Å²) < 4.78 is 5.88. The van der Waals surface area contributed by atoms with Crippen LogP contribution in [0.2, 0.25) is 0 Å². The van der Waals surface area contributed by atoms with E-state index < -0.39 is 11.6 Å². The van der Waals surface area contributed by atoms with Crippen molar-refractivity contribution in [2.24, 2.45) is 0 Å². The van der Waals surface area contributed by atoms with Crippen LogP contribution < -0.4 is 4.90 Å². The van der Waals surface area contributed by atoms with Crippen molar-refractivity contribution in [1.29, 1.82) is 0 Å². The molecule has 5 heteroatoms. The van der Waals surface area contributed by atoms with E-state index in [0.717, 1.165) is 23.2 Å². The minimum absolute atomic E-state index is 0.251. The van der Waals surface area contributed by atoms with Gasteiger partial charge in [0.2, 0.25) is 5.60 Å². The van der Waals surface area contributed by atoms with Gasteiger partial charge < -0.3 is 9.64 Å². The number of anilines is 1. The van der Waals surface area contributed by atoms with Gasteiger partial charge in [0.05, 0.1) is 11.3 Å². The molecular weight excluding hydrogens is 350 g/mol. The zero-order valence-electron chi connectivity index (χ0n) is 14.4. The first-order valence-electron chi connectivity index (χ1n) is 8.58. The Morgan fingerprint density at radius 1 is 1.08 bits per heavy atom. The van der Waals surface area contributed by atoms with Gasteiger partial charge in [0.25, 0.3) is 5.91 Å². The summed E-state index contributed by atoms with van der Waals surface area (Å²) in [7, 11) is 1.71. The smallest absolute Gasteiger partial charge is 0.340 e. The zero-order valence-corrected chi connectivity index (χ0v) is 15.1. The number of hydrogen-bond acceptors (Lipinski definition) is 3. The lowest BCUT2D eigenvalue weighted by molar-refractivity contribution is -0.131. The van der Waals surface area contributed by atoms with Gasteiger partial charge in [-0.15, -0.1) is 11.6 Å². The van der Waals surface area contributed by atoms with E-state index in [0.29, 0.717) is 23.4 Å². The van der Waals surface area contributed by atoms with E-state index in [2.05, 4.69) is 0 Å². The second kappa shape index (κ2) is 6.29. The predicted molar refractivity (Wildman–Crippen MR) is 101 cm³/mol. The molecule has 1 unspecified atom stereocenters. The number of rotatable bonds is 3. The number of hydrogen-bond donors (Lipinski definition) is 0. The number of fused-ring (bicyclic) bond motifs is 3. The lowest BCUT2D eigenvalue weighted by Crippen LogP contribution is -2.46. The molecular formula is C21H18ClNO3. The average Bonchev–Trinajstić information content (AvgIpc) is 2.87. The number of allylic oxidation sites excluding steroid dienone is 1. The van der Waals surface area contributed by atoms with Gasteiger partial charge in [-0.25, -0.2) is 4.79 Å². The Morgan fingerprint density at radius 3 is 2.54 bits per heavy atom. The van der Waals surface area contributed by atoms with E-state index in [9.17, 15) is 9.59 Å². The maximum Gasteiger partial charge on any atom is 0.340 e. The number of para-hydroxylation sites is 1. The van der Waals surface area contributed by atoms with Crippen molar-refractivity contribution in [3.63, 3.8) is 0 Å². The maximum atomic E-state index is 13.3. The van der Waals surface area contributed by atoms with Gasteiger partial charge in [-0.05, 0) is 30.5 Å². The predicted octanol–water partition coefficient (Wildman–Crippen LogP) is 4.13. The number of carbonyl (C=O) groups is 2. The normalized spacial score (nSPS) is 22.5. The molecule has 1 atom stereocenters. The van der Waals surface area contributed by atoms with Gasteiger partial charge in [0.15, 0.2) is 0 Å². The van der Waals surface area contributed by atoms with E-state index in [1.54, 1.807) is 24.1 Å².